The topological polar surface area (TPSA) is 128 Å². The van der Waals surface area contributed by atoms with Crippen LogP contribution in [0.5, 0.6) is 17.4 Å². The number of nitrogens with one attached hydrogen (secondary N) is 1. The molecular formula is C26H29N5O6. The van der Waals surface area contributed by atoms with Crippen LogP contribution in [-0.2, 0) is 9.53 Å². The Morgan fingerprint density at radius 1 is 1.14 bits per heavy atom. The van der Waals surface area contributed by atoms with E-state index in [1.807, 2.05) is 10.6 Å². The standard InChI is InChI=1S/C26H29N5O6/c1-2-22(33)30-10-4-3-5-18(16-30)31-23-19(6-7-20-24(23)37-14-12-35-11-13-36-20)28-26(31)29-25(34)17-8-9-27-21(32)15-17/h2,6-9,15,18H,1,3-5,10-14,16H2,(H,27,32)(H,28,29,34)/t18-/m1/s1. The number of imidazole rings is 1. The van der Waals surface area contributed by atoms with E-state index in [0.29, 0.717) is 68.0 Å². The summed E-state index contributed by atoms with van der Waals surface area (Å²) in [6, 6.07) is 6.22. The number of anilines is 1. The van der Waals surface area contributed by atoms with Gasteiger partial charge in [0, 0.05) is 30.9 Å². The van der Waals surface area contributed by atoms with Gasteiger partial charge in [0.25, 0.3) is 5.91 Å². The van der Waals surface area contributed by atoms with E-state index in [1.165, 1.54) is 24.4 Å². The zero-order valence-electron chi connectivity index (χ0n) is 20.4. The second-order valence-corrected chi connectivity index (χ2v) is 8.87. The number of carbonyl (C=O) groups is 2. The van der Waals surface area contributed by atoms with Crippen LogP contribution in [0.1, 0.15) is 35.7 Å². The summed E-state index contributed by atoms with van der Waals surface area (Å²) in [6.07, 6.45) is 5.19. The predicted octanol–water partition coefficient (Wildman–Crippen LogP) is 2.92. The lowest BCUT2D eigenvalue weighted by atomic mass is 10.1. The molecule has 3 aromatic rings. The zero-order chi connectivity index (χ0) is 25.8. The van der Waals surface area contributed by atoms with Gasteiger partial charge in [-0.05, 0) is 43.5 Å². The predicted molar refractivity (Wildman–Crippen MR) is 135 cm³/mol. The summed E-state index contributed by atoms with van der Waals surface area (Å²) in [4.78, 5) is 36.0. The highest BCUT2D eigenvalue weighted by atomic mass is 16.6. The molecule has 0 saturated carbocycles. The molecule has 1 aromatic carbocycles. The second kappa shape index (κ2) is 10.9. The van der Waals surface area contributed by atoms with Gasteiger partial charge >= 0.3 is 0 Å². The van der Waals surface area contributed by atoms with Gasteiger partial charge in [0.2, 0.25) is 17.7 Å². The summed E-state index contributed by atoms with van der Waals surface area (Å²) >= 11 is 0. The molecule has 2 N–H and O–H groups in total. The molecular weight excluding hydrogens is 478 g/mol. The number of carbonyl (C=O) groups excluding carboxylic acids is 2. The number of aromatic hydroxyl groups is 1. The normalized spacial score (nSPS) is 18.3. The Morgan fingerprint density at radius 2 is 1.97 bits per heavy atom. The van der Waals surface area contributed by atoms with Crippen LogP contribution in [0.2, 0.25) is 0 Å². The summed E-state index contributed by atoms with van der Waals surface area (Å²) in [5, 5.41) is 12.6. The third-order valence-corrected chi connectivity index (χ3v) is 6.46. The molecule has 5 rings (SSSR count). The summed E-state index contributed by atoms with van der Waals surface area (Å²) < 4.78 is 19.5. The third kappa shape index (κ3) is 5.21. The molecule has 4 heterocycles. The lowest BCUT2D eigenvalue weighted by molar-refractivity contribution is -0.126. The van der Waals surface area contributed by atoms with Crippen LogP contribution in [-0.4, -0.2) is 75.9 Å². The van der Waals surface area contributed by atoms with Gasteiger partial charge in [0.15, 0.2) is 11.5 Å². The van der Waals surface area contributed by atoms with Crippen LogP contribution in [0, 0.1) is 0 Å². The molecule has 11 nitrogen and oxygen atoms in total. The van der Waals surface area contributed by atoms with Crippen molar-refractivity contribution in [1.29, 1.82) is 0 Å². The van der Waals surface area contributed by atoms with Crippen molar-refractivity contribution in [3.8, 4) is 17.4 Å². The number of pyridine rings is 1. The van der Waals surface area contributed by atoms with Crippen LogP contribution < -0.4 is 14.8 Å². The molecule has 0 radical (unpaired) electrons. The molecule has 0 spiro atoms. The van der Waals surface area contributed by atoms with Crippen molar-refractivity contribution in [3.63, 3.8) is 0 Å². The Kier molecular flexibility index (Phi) is 7.22. The number of rotatable bonds is 4. The van der Waals surface area contributed by atoms with Crippen LogP contribution in [0.4, 0.5) is 5.95 Å². The summed E-state index contributed by atoms with van der Waals surface area (Å²) in [7, 11) is 0. The van der Waals surface area contributed by atoms with Crippen molar-refractivity contribution in [2.45, 2.75) is 25.3 Å². The molecule has 0 aliphatic carbocycles. The molecule has 0 unspecified atom stereocenters. The van der Waals surface area contributed by atoms with Crippen LogP contribution >= 0.6 is 0 Å². The van der Waals surface area contributed by atoms with Gasteiger partial charge in [-0.2, -0.15) is 0 Å². The molecule has 2 amide bonds. The smallest absolute Gasteiger partial charge is 0.258 e. The molecule has 2 aromatic heterocycles. The minimum atomic E-state index is -0.452. The first kappa shape index (κ1) is 24.6. The first-order valence-corrected chi connectivity index (χ1v) is 12.3. The van der Waals surface area contributed by atoms with Gasteiger partial charge in [-0.25, -0.2) is 9.97 Å². The summed E-state index contributed by atoms with van der Waals surface area (Å²) in [6.45, 7) is 6.24. The van der Waals surface area contributed by atoms with Gasteiger partial charge < -0.3 is 28.8 Å². The first-order chi connectivity index (χ1) is 18.0. The van der Waals surface area contributed by atoms with Crippen LogP contribution in [0.15, 0.2) is 43.1 Å². The monoisotopic (exact) mass is 507 g/mol. The molecule has 1 saturated heterocycles. The SMILES string of the molecule is C=CC(=O)N1CCCC[C@@H](n2c(NC(=O)c3ccnc(O)c3)nc3ccc4c(c32)OCCOCCO4)C1. The molecule has 1 fully saturated rings. The lowest BCUT2D eigenvalue weighted by Crippen LogP contribution is -2.34. The lowest BCUT2D eigenvalue weighted by Gasteiger charge is -2.26. The number of ether oxygens (including phenoxy) is 3. The number of fused-ring (bicyclic) bond motifs is 3. The maximum absolute atomic E-state index is 13.1. The van der Waals surface area contributed by atoms with Crippen molar-refractivity contribution < 1.29 is 28.9 Å². The number of nitrogens with zero attached hydrogens (tertiary/aromatic N) is 4. The highest BCUT2D eigenvalue weighted by Crippen LogP contribution is 2.41. The summed E-state index contributed by atoms with van der Waals surface area (Å²) in [5.41, 5.74) is 1.52. The average molecular weight is 508 g/mol. The number of benzene rings is 1. The quantitative estimate of drug-likeness (QED) is 0.516. The fourth-order valence-electron chi connectivity index (χ4n) is 4.74. The maximum atomic E-state index is 13.1. The van der Waals surface area contributed by atoms with Crippen LogP contribution in [0.3, 0.4) is 0 Å². The maximum Gasteiger partial charge on any atom is 0.258 e. The van der Waals surface area contributed by atoms with E-state index >= 15 is 0 Å². The molecule has 1 atom stereocenters. The molecule has 2 aliphatic heterocycles. The Morgan fingerprint density at radius 3 is 2.78 bits per heavy atom. The van der Waals surface area contributed by atoms with E-state index < -0.39 is 5.91 Å². The molecule has 194 valence electrons. The molecule has 11 heteroatoms. The van der Waals surface area contributed by atoms with E-state index in [0.717, 1.165) is 19.3 Å². The summed E-state index contributed by atoms with van der Waals surface area (Å²) in [5.74, 6) is 0.535. The Hall–Kier alpha value is -4.12. The van der Waals surface area contributed by atoms with Gasteiger partial charge in [-0.15, -0.1) is 0 Å². The molecule has 0 bridgehead atoms. The van der Waals surface area contributed by atoms with Gasteiger partial charge in [-0.1, -0.05) is 6.58 Å². The van der Waals surface area contributed by atoms with E-state index in [4.69, 9.17) is 19.2 Å². The average Bonchev–Trinajstić information content (AvgIpc) is 3.15. The number of hydrogen-bond acceptors (Lipinski definition) is 8. The van der Waals surface area contributed by atoms with Gasteiger partial charge in [0.05, 0.1) is 24.8 Å². The van der Waals surface area contributed by atoms with Gasteiger partial charge in [0.1, 0.15) is 18.7 Å². The van der Waals surface area contributed by atoms with Gasteiger partial charge in [-0.3, -0.25) is 14.9 Å². The number of aromatic nitrogens is 3. The van der Waals surface area contributed by atoms with E-state index in [9.17, 15) is 14.7 Å². The van der Waals surface area contributed by atoms with Crippen molar-refractivity contribution in [1.82, 2.24) is 19.4 Å². The second-order valence-electron chi connectivity index (χ2n) is 8.87. The van der Waals surface area contributed by atoms with E-state index in [2.05, 4.69) is 16.9 Å². The number of likely N-dealkylation sites (tertiary alicyclic amines) is 1. The Balaban J connectivity index is 1.63. The Bertz CT molecular complexity index is 1320. The fourth-order valence-corrected chi connectivity index (χ4v) is 4.74. The van der Waals surface area contributed by atoms with Crippen molar-refractivity contribution >= 4 is 28.8 Å². The highest BCUT2D eigenvalue weighted by molar-refractivity contribution is 6.04. The van der Waals surface area contributed by atoms with Crippen molar-refractivity contribution in [3.05, 3.63) is 48.7 Å². The zero-order valence-corrected chi connectivity index (χ0v) is 20.4. The van der Waals surface area contributed by atoms with E-state index in [1.54, 1.807) is 11.0 Å². The van der Waals surface area contributed by atoms with Crippen molar-refractivity contribution in [2.24, 2.45) is 0 Å². The minimum absolute atomic E-state index is 0.141. The van der Waals surface area contributed by atoms with Crippen LogP contribution in [0.25, 0.3) is 11.0 Å². The fraction of sp³-hybridized carbons (Fsp3) is 0.385. The minimum Gasteiger partial charge on any atom is -0.493 e. The van der Waals surface area contributed by atoms with E-state index in [-0.39, 0.29) is 23.4 Å². The number of hydrogen-bond donors (Lipinski definition) is 2. The largest absolute Gasteiger partial charge is 0.493 e. The third-order valence-electron chi connectivity index (χ3n) is 6.46. The highest BCUT2D eigenvalue weighted by Gasteiger charge is 2.29. The number of amides is 2. The first-order valence-electron chi connectivity index (χ1n) is 12.3. The Labute approximate surface area is 213 Å². The molecule has 37 heavy (non-hydrogen) atoms. The van der Waals surface area contributed by atoms with Crippen molar-refractivity contribution in [2.75, 3.05) is 44.8 Å². The molecule has 2 aliphatic rings.